The van der Waals surface area contributed by atoms with Crippen LogP contribution in [0.3, 0.4) is 0 Å². The monoisotopic (exact) mass is 490 g/mol. The molecule has 1 aliphatic heterocycles. The lowest BCUT2D eigenvalue weighted by molar-refractivity contribution is -0.0429. The third-order valence-electron chi connectivity index (χ3n) is 6.72. The number of carbonyl (C=O) groups excluding carboxylic acids is 1. The molecule has 0 amide bonds. The van der Waals surface area contributed by atoms with E-state index in [-0.39, 0.29) is 41.4 Å². The number of hydrogen-bond acceptors (Lipinski definition) is 6. The summed E-state index contributed by atoms with van der Waals surface area (Å²) in [6.07, 6.45) is 2.99. The van der Waals surface area contributed by atoms with Crippen LogP contribution in [0.15, 0.2) is 57.3 Å². The summed E-state index contributed by atoms with van der Waals surface area (Å²) in [6.45, 7) is 9.58. The van der Waals surface area contributed by atoms with Gasteiger partial charge >= 0.3 is 5.63 Å². The van der Waals surface area contributed by atoms with Gasteiger partial charge in [-0.25, -0.2) is 4.79 Å². The maximum Gasteiger partial charge on any atom is 0.336 e. The molecular weight excluding hydrogens is 456 g/mol. The summed E-state index contributed by atoms with van der Waals surface area (Å²) in [4.78, 5) is 26.0. The first-order valence-corrected chi connectivity index (χ1v) is 12.5. The maximum atomic E-state index is 13.3. The molecule has 0 unspecified atom stereocenters. The van der Waals surface area contributed by atoms with Crippen molar-refractivity contribution >= 4 is 16.8 Å². The fourth-order valence-electron chi connectivity index (χ4n) is 4.84. The lowest BCUT2D eigenvalue weighted by Crippen LogP contribution is -2.42. The highest BCUT2D eigenvalue weighted by atomic mass is 16.5. The molecule has 1 aromatic heterocycles. The third kappa shape index (κ3) is 4.96. The Hall–Kier alpha value is -3.38. The number of hydrogen-bond donors (Lipinski definition) is 2. The van der Waals surface area contributed by atoms with Gasteiger partial charge < -0.3 is 19.4 Å². The van der Waals surface area contributed by atoms with Gasteiger partial charge in [-0.1, -0.05) is 55.8 Å². The van der Waals surface area contributed by atoms with Crippen LogP contribution in [-0.2, 0) is 6.42 Å². The fraction of sp³-hybridized carbons (Fsp3) is 0.400. The summed E-state index contributed by atoms with van der Waals surface area (Å²) in [5, 5.41) is 23.1. The van der Waals surface area contributed by atoms with E-state index in [9.17, 15) is 19.8 Å². The van der Waals surface area contributed by atoms with Crippen molar-refractivity contribution in [1.82, 2.24) is 0 Å². The summed E-state index contributed by atoms with van der Waals surface area (Å²) in [6, 6.07) is 10.7. The molecule has 0 radical (unpaired) electrons. The summed E-state index contributed by atoms with van der Waals surface area (Å²) in [7, 11) is 0. The number of ether oxygens (including phenoxy) is 1. The minimum absolute atomic E-state index is 0.000708. The number of phenolic OH excluding ortho intramolecular Hbond substituents is 1. The largest absolute Gasteiger partial charge is 0.507 e. The van der Waals surface area contributed by atoms with Crippen LogP contribution in [0.1, 0.15) is 69.8 Å². The highest BCUT2D eigenvalue weighted by Gasteiger charge is 2.42. The van der Waals surface area contributed by atoms with E-state index in [0.29, 0.717) is 35.1 Å². The SMILES string of the molecule is CC(C)=CCC[C@](C)(O)[C@@H]1Cc2c(O)c(C(=O)CC(C)C)c3oc(=O)cc(-c4ccccc4)c3c2O1. The second kappa shape index (κ2) is 9.94. The summed E-state index contributed by atoms with van der Waals surface area (Å²) < 4.78 is 11.9. The maximum absolute atomic E-state index is 13.3. The molecule has 2 aromatic carbocycles. The molecule has 0 aliphatic carbocycles. The summed E-state index contributed by atoms with van der Waals surface area (Å²) >= 11 is 0. The molecule has 0 saturated heterocycles. The van der Waals surface area contributed by atoms with E-state index in [1.54, 1.807) is 6.92 Å². The van der Waals surface area contributed by atoms with Crippen LogP contribution in [0.5, 0.6) is 11.5 Å². The Morgan fingerprint density at radius 1 is 1.22 bits per heavy atom. The molecule has 6 heteroatoms. The van der Waals surface area contributed by atoms with Crippen LogP contribution >= 0.6 is 0 Å². The van der Waals surface area contributed by atoms with E-state index in [4.69, 9.17) is 9.15 Å². The zero-order valence-electron chi connectivity index (χ0n) is 21.6. The van der Waals surface area contributed by atoms with Gasteiger partial charge in [-0.2, -0.15) is 0 Å². The van der Waals surface area contributed by atoms with Crippen LogP contribution in [0.4, 0.5) is 0 Å². The van der Waals surface area contributed by atoms with Gasteiger partial charge in [-0.3, -0.25) is 4.79 Å². The predicted octanol–water partition coefficient (Wildman–Crippen LogP) is 6.20. The number of Topliss-reactive ketones (excluding diaryl/α,β-unsaturated/α-hetero) is 1. The van der Waals surface area contributed by atoms with Gasteiger partial charge in [0.1, 0.15) is 23.2 Å². The van der Waals surface area contributed by atoms with Crippen LogP contribution in [0, 0.1) is 5.92 Å². The van der Waals surface area contributed by atoms with Crippen molar-refractivity contribution < 1.29 is 24.2 Å². The minimum atomic E-state index is -1.19. The smallest absolute Gasteiger partial charge is 0.336 e. The van der Waals surface area contributed by atoms with Gasteiger partial charge in [0.25, 0.3) is 0 Å². The third-order valence-corrected chi connectivity index (χ3v) is 6.72. The first-order valence-electron chi connectivity index (χ1n) is 12.5. The molecule has 190 valence electrons. The Labute approximate surface area is 211 Å². The fourth-order valence-corrected chi connectivity index (χ4v) is 4.84. The molecule has 6 nitrogen and oxygen atoms in total. The molecule has 0 fully saturated rings. The summed E-state index contributed by atoms with van der Waals surface area (Å²) in [5.41, 5.74) is 1.15. The normalized spacial score (nSPS) is 16.5. The highest BCUT2D eigenvalue weighted by molar-refractivity contribution is 6.14. The second-order valence-electron chi connectivity index (χ2n) is 10.6. The first kappa shape index (κ1) is 25.7. The van der Waals surface area contributed by atoms with Gasteiger partial charge in [-0.05, 0) is 45.1 Å². The first-order chi connectivity index (χ1) is 17.0. The average Bonchev–Trinajstić information content (AvgIpc) is 3.25. The van der Waals surface area contributed by atoms with Crippen LogP contribution in [0.2, 0.25) is 0 Å². The Morgan fingerprint density at radius 2 is 1.92 bits per heavy atom. The number of fused-ring (bicyclic) bond motifs is 3. The van der Waals surface area contributed by atoms with Crippen molar-refractivity contribution in [3.63, 3.8) is 0 Å². The number of aliphatic hydroxyl groups is 1. The topological polar surface area (TPSA) is 97.0 Å². The number of phenols is 1. The minimum Gasteiger partial charge on any atom is -0.507 e. The van der Waals surface area contributed by atoms with E-state index in [0.717, 1.165) is 5.56 Å². The highest BCUT2D eigenvalue weighted by Crippen LogP contribution is 2.49. The molecule has 1 aliphatic rings. The Bertz CT molecular complexity index is 1370. The molecule has 4 rings (SSSR count). The molecule has 0 bridgehead atoms. The van der Waals surface area contributed by atoms with Crippen LogP contribution < -0.4 is 10.4 Å². The van der Waals surface area contributed by atoms with Gasteiger partial charge in [0.15, 0.2) is 11.4 Å². The van der Waals surface area contributed by atoms with E-state index >= 15 is 0 Å². The standard InChI is InChI=1S/C30H34O6/c1-17(2)10-9-13-30(5,34)23-15-21-27(33)26(22(31)14-18(3)4)29-25(28(21)35-23)20(16-24(32)36-29)19-11-7-6-8-12-19/h6-8,10-12,16,18,23,33-34H,9,13-15H2,1-5H3/t23-,30-/m0/s1. The van der Waals surface area contributed by atoms with Crippen molar-refractivity contribution in [3.8, 4) is 22.6 Å². The zero-order chi connectivity index (χ0) is 26.2. The Kier molecular flexibility index (Phi) is 7.10. The molecule has 2 heterocycles. The number of allylic oxidation sites excluding steroid dienone is 2. The lowest BCUT2D eigenvalue weighted by atomic mass is 9.88. The van der Waals surface area contributed by atoms with Crippen molar-refractivity contribution in [2.75, 3.05) is 0 Å². The van der Waals surface area contributed by atoms with E-state index in [2.05, 4.69) is 6.08 Å². The number of aromatic hydroxyl groups is 1. The van der Waals surface area contributed by atoms with E-state index in [1.165, 1.54) is 11.6 Å². The molecule has 3 aromatic rings. The summed E-state index contributed by atoms with van der Waals surface area (Å²) in [5.74, 6) is -0.149. The quantitative estimate of drug-likeness (QED) is 0.222. The molecule has 2 atom stereocenters. The molecule has 36 heavy (non-hydrogen) atoms. The van der Waals surface area contributed by atoms with Crippen molar-refractivity contribution in [2.24, 2.45) is 5.92 Å². The Balaban J connectivity index is 1.94. The second-order valence-corrected chi connectivity index (χ2v) is 10.6. The van der Waals surface area contributed by atoms with E-state index in [1.807, 2.05) is 58.0 Å². The van der Waals surface area contributed by atoms with Crippen LogP contribution in [-0.4, -0.2) is 27.7 Å². The van der Waals surface area contributed by atoms with Gasteiger partial charge in [-0.15, -0.1) is 0 Å². The number of ketones is 1. The molecule has 0 spiro atoms. The zero-order valence-corrected chi connectivity index (χ0v) is 21.6. The predicted molar refractivity (Wildman–Crippen MR) is 141 cm³/mol. The van der Waals surface area contributed by atoms with Gasteiger partial charge in [0.2, 0.25) is 0 Å². The Morgan fingerprint density at radius 3 is 2.56 bits per heavy atom. The molecular formula is C30H34O6. The molecule has 0 saturated carbocycles. The van der Waals surface area contributed by atoms with Crippen LogP contribution in [0.25, 0.3) is 22.1 Å². The number of carbonyl (C=O) groups is 1. The van der Waals surface area contributed by atoms with Crippen molar-refractivity contribution in [2.45, 2.75) is 72.0 Å². The van der Waals surface area contributed by atoms with Crippen molar-refractivity contribution in [3.05, 3.63) is 69.6 Å². The number of rotatable bonds is 8. The lowest BCUT2D eigenvalue weighted by Gasteiger charge is -2.29. The van der Waals surface area contributed by atoms with Gasteiger partial charge in [0.05, 0.1) is 11.0 Å². The molecule has 2 N–H and O–H groups in total. The van der Waals surface area contributed by atoms with E-state index < -0.39 is 17.3 Å². The number of benzene rings is 2. The van der Waals surface area contributed by atoms with Crippen molar-refractivity contribution in [1.29, 1.82) is 0 Å². The average molecular weight is 491 g/mol. The van der Waals surface area contributed by atoms with Gasteiger partial charge in [0, 0.05) is 30.0 Å².